The summed E-state index contributed by atoms with van der Waals surface area (Å²) in [6, 6.07) is 2.92. The molecule has 2 aliphatic heterocycles. The molecule has 0 amide bonds. The molecular formula is C12H11BrF3NO. The Bertz CT molecular complexity index is 489. The molecule has 0 spiro atoms. The van der Waals surface area contributed by atoms with Crippen LogP contribution < -0.4 is 5.32 Å². The Morgan fingerprint density at radius 2 is 2.06 bits per heavy atom. The number of nitrogens with one attached hydrogen (secondary N) is 1. The highest BCUT2D eigenvalue weighted by molar-refractivity contribution is 9.10. The van der Waals surface area contributed by atoms with E-state index in [-0.39, 0.29) is 24.2 Å². The van der Waals surface area contributed by atoms with Crippen molar-refractivity contribution in [3.8, 4) is 0 Å². The van der Waals surface area contributed by atoms with Crippen LogP contribution in [0.2, 0.25) is 0 Å². The number of ether oxygens (including phenoxy) is 1. The van der Waals surface area contributed by atoms with Gasteiger partial charge in [-0.1, -0.05) is 15.9 Å². The molecule has 98 valence electrons. The summed E-state index contributed by atoms with van der Waals surface area (Å²) in [4.78, 5) is 0. The highest BCUT2D eigenvalue weighted by Gasteiger charge is 2.41. The molecule has 1 fully saturated rings. The van der Waals surface area contributed by atoms with Gasteiger partial charge in [0.1, 0.15) is 0 Å². The van der Waals surface area contributed by atoms with Crippen molar-refractivity contribution in [1.82, 2.24) is 5.32 Å². The van der Waals surface area contributed by atoms with Crippen LogP contribution in [0.5, 0.6) is 0 Å². The third-order valence-electron chi connectivity index (χ3n) is 3.55. The lowest BCUT2D eigenvalue weighted by atomic mass is 9.87. The molecule has 1 aromatic rings. The Hall–Kier alpha value is -0.590. The van der Waals surface area contributed by atoms with Gasteiger partial charge in [-0.15, -0.1) is 0 Å². The molecule has 1 N–H and O–H groups in total. The van der Waals surface area contributed by atoms with Crippen LogP contribution in [-0.4, -0.2) is 19.2 Å². The van der Waals surface area contributed by atoms with E-state index >= 15 is 0 Å². The monoisotopic (exact) mass is 321 g/mol. The van der Waals surface area contributed by atoms with Crippen molar-refractivity contribution in [2.24, 2.45) is 0 Å². The summed E-state index contributed by atoms with van der Waals surface area (Å²) >= 11 is 3.17. The van der Waals surface area contributed by atoms with Crippen LogP contribution in [0, 0.1) is 0 Å². The van der Waals surface area contributed by atoms with Crippen LogP contribution in [0.1, 0.15) is 22.6 Å². The van der Waals surface area contributed by atoms with Crippen molar-refractivity contribution < 1.29 is 17.9 Å². The zero-order valence-corrected chi connectivity index (χ0v) is 10.9. The lowest BCUT2D eigenvalue weighted by molar-refractivity contribution is -0.139. The first-order chi connectivity index (χ1) is 8.47. The van der Waals surface area contributed by atoms with E-state index in [4.69, 9.17) is 4.74 Å². The quantitative estimate of drug-likeness (QED) is 0.793. The summed E-state index contributed by atoms with van der Waals surface area (Å²) in [6.45, 7) is 1.42. The molecule has 2 nitrogen and oxygen atoms in total. The van der Waals surface area contributed by atoms with Crippen molar-refractivity contribution in [2.75, 3.05) is 13.1 Å². The molecule has 2 atom stereocenters. The SMILES string of the molecule is FC(F)(F)c1cc(Br)cc2c1CO[C@@H]1CNC[C@H]21. The van der Waals surface area contributed by atoms with Crippen molar-refractivity contribution in [2.45, 2.75) is 24.8 Å². The topological polar surface area (TPSA) is 21.3 Å². The molecule has 18 heavy (non-hydrogen) atoms. The number of halogens is 4. The molecule has 0 aliphatic carbocycles. The average molecular weight is 322 g/mol. The van der Waals surface area contributed by atoms with Gasteiger partial charge in [-0.05, 0) is 23.3 Å². The maximum atomic E-state index is 13.0. The van der Waals surface area contributed by atoms with E-state index in [1.165, 1.54) is 0 Å². The average Bonchev–Trinajstić information content (AvgIpc) is 2.74. The summed E-state index contributed by atoms with van der Waals surface area (Å²) in [5, 5.41) is 3.16. The molecule has 0 saturated carbocycles. The number of benzene rings is 1. The van der Waals surface area contributed by atoms with Gasteiger partial charge in [-0.25, -0.2) is 0 Å². The van der Waals surface area contributed by atoms with E-state index in [1.54, 1.807) is 6.07 Å². The number of rotatable bonds is 0. The second-order valence-electron chi connectivity index (χ2n) is 4.63. The number of hydrogen-bond donors (Lipinski definition) is 1. The van der Waals surface area contributed by atoms with Crippen LogP contribution in [0.25, 0.3) is 0 Å². The maximum Gasteiger partial charge on any atom is 0.416 e. The zero-order valence-electron chi connectivity index (χ0n) is 9.35. The van der Waals surface area contributed by atoms with Crippen LogP contribution in [0.15, 0.2) is 16.6 Å². The fraction of sp³-hybridized carbons (Fsp3) is 0.500. The van der Waals surface area contributed by atoms with Crippen LogP contribution >= 0.6 is 15.9 Å². The van der Waals surface area contributed by atoms with Gasteiger partial charge in [-0.2, -0.15) is 13.2 Å². The first-order valence-corrected chi connectivity index (χ1v) is 6.48. The molecular weight excluding hydrogens is 311 g/mol. The minimum Gasteiger partial charge on any atom is -0.372 e. The summed E-state index contributed by atoms with van der Waals surface area (Å²) < 4.78 is 45.0. The largest absolute Gasteiger partial charge is 0.416 e. The van der Waals surface area contributed by atoms with Crippen molar-refractivity contribution in [3.63, 3.8) is 0 Å². The Kier molecular flexibility index (Phi) is 2.91. The van der Waals surface area contributed by atoms with Crippen LogP contribution in [0.4, 0.5) is 13.2 Å². The summed E-state index contributed by atoms with van der Waals surface area (Å²) in [7, 11) is 0. The molecule has 1 aromatic carbocycles. The molecule has 6 heteroatoms. The van der Waals surface area contributed by atoms with Gasteiger partial charge < -0.3 is 10.1 Å². The van der Waals surface area contributed by atoms with E-state index in [0.717, 1.165) is 11.6 Å². The highest BCUT2D eigenvalue weighted by Crippen LogP contribution is 2.42. The van der Waals surface area contributed by atoms with E-state index in [9.17, 15) is 13.2 Å². The number of hydrogen-bond acceptors (Lipinski definition) is 2. The van der Waals surface area contributed by atoms with Crippen molar-refractivity contribution >= 4 is 15.9 Å². The van der Waals surface area contributed by atoms with Gasteiger partial charge in [0.25, 0.3) is 0 Å². The first kappa shape index (κ1) is 12.4. The standard InChI is InChI=1S/C12H11BrF3NO/c13-6-1-7-8-3-17-4-11(8)18-5-9(7)10(2-6)12(14,15)16/h1-2,8,11,17H,3-5H2/t8-,11-/m1/s1. The third-order valence-corrected chi connectivity index (χ3v) is 4.01. The van der Waals surface area contributed by atoms with Crippen molar-refractivity contribution in [1.29, 1.82) is 0 Å². The minimum atomic E-state index is -4.34. The molecule has 0 bridgehead atoms. The fourth-order valence-corrected chi connectivity index (χ4v) is 3.21. The van der Waals surface area contributed by atoms with Crippen molar-refractivity contribution in [3.05, 3.63) is 33.3 Å². The Morgan fingerprint density at radius 1 is 1.28 bits per heavy atom. The zero-order chi connectivity index (χ0) is 12.9. The Balaban J connectivity index is 2.15. The molecule has 1 saturated heterocycles. The number of fused-ring (bicyclic) bond motifs is 3. The van der Waals surface area contributed by atoms with Crippen LogP contribution in [0.3, 0.4) is 0 Å². The molecule has 0 radical (unpaired) electrons. The molecule has 0 unspecified atom stereocenters. The Labute approximate surface area is 111 Å². The summed E-state index contributed by atoms with van der Waals surface area (Å²) in [5.41, 5.74) is 0.464. The van der Waals surface area contributed by atoms with Gasteiger partial charge in [0.15, 0.2) is 0 Å². The molecule has 0 aromatic heterocycles. The Morgan fingerprint density at radius 3 is 2.78 bits per heavy atom. The van der Waals surface area contributed by atoms with Gasteiger partial charge >= 0.3 is 6.18 Å². The molecule has 3 rings (SSSR count). The second kappa shape index (κ2) is 4.21. The molecule has 2 aliphatic rings. The van der Waals surface area contributed by atoms with E-state index in [2.05, 4.69) is 21.2 Å². The predicted molar refractivity (Wildman–Crippen MR) is 63.3 cm³/mol. The number of alkyl halides is 3. The fourth-order valence-electron chi connectivity index (χ4n) is 2.73. The smallest absolute Gasteiger partial charge is 0.372 e. The first-order valence-electron chi connectivity index (χ1n) is 5.68. The van der Waals surface area contributed by atoms with Gasteiger partial charge in [-0.3, -0.25) is 0 Å². The summed E-state index contributed by atoms with van der Waals surface area (Å²) in [5.74, 6) is 0.0207. The second-order valence-corrected chi connectivity index (χ2v) is 5.55. The molecule has 2 heterocycles. The third kappa shape index (κ3) is 1.96. The lowest BCUT2D eigenvalue weighted by Gasteiger charge is -2.30. The van der Waals surface area contributed by atoms with E-state index in [1.807, 2.05) is 0 Å². The van der Waals surface area contributed by atoms with E-state index < -0.39 is 11.7 Å². The van der Waals surface area contributed by atoms with Gasteiger partial charge in [0, 0.05) is 23.5 Å². The minimum absolute atomic E-state index is 0.00659. The normalized spacial score (nSPS) is 26.9. The van der Waals surface area contributed by atoms with E-state index in [0.29, 0.717) is 17.6 Å². The lowest BCUT2D eigenvalue weighted by Crippen LogP contribution is -2.28. The van der Waals surface area contributed by atoms with Gasteiger partial charge in [0.05, 0.1) is 18.3 Å². The predicted octanol–water partition coefficient (Wildman–Crippen LogP) is 3.05. The highest BCUT2D eigenvalue weighted by atomic mass is 79.9. The van der Waals surface area contributed by atoms with Crippen LogP contribution in [-0.2, 0) is 17.5 Å². The van der Waals surface area contributed by atoms with Gasteiger partial charge in [0.2, 0.25) is 0 Å². The summed E-state index contributed by atoms with van der Waals surface area (Å²) in [6.07, 6.45) is -4.34. The maximum absolute atomic E-state index is 13.0.